The van der Waals surface area contributed by atoms with E-state index in [4.69, 9.17) is 4.74 Å². The molecule has 180 valence electrons. The van der Waals surface area contributed by atoms with Gasteiger partial charge in [0.1, 0.15) is 11.5 Å². The van der Waals surface area contributed by atoms with Crippen molar-refractivity contribution in [3.63, 3.8) is 0 Å². The van der Waals surface area contributed by atoms with Crippen LogP contribution in [-0.2, 0) is 11.7 Å². The first-order valence-electron chi connectivity index (χ1n) is 12.2. The summed E-state index contributed by atoms with van der Waals surface area (Å²) in [6.45, 7) is 5.24. The van der Waals surface area contributed by atoms with Crippen LogP contribution in [0.25, 0.3) is 0 Å². The Morgan fingerprint density at radius 1 is 0.829 bits per heavy atom. The summed E-state index contributed by atoms with van der Waals surface area (Å²) < 4.78 is 5.49. The third-order valence-electron chi connectivity index (χ3n) is 6.44. The van der Waals surface area contributed by atoms with Crippen LogP contribution in [0.15, 0.2) is 103 Å². The molecule has 1 N–H and O–H groups in total. The Kier molecular flexibility index (Phi) is 8.10. The topological polar surface area (TPSA) is 32.7 Å². The van der Waals surface area contributed by atoms with Gasteiger partial charge < -0.3 is 14.7 Å². The first kappa shape index (κ1) is 24.8. The maximum Gasteiger partial charge on any atom is 0.119 e. The largest absolute Gasteiger partial charge is 0.508 e. The lowest BCUT2D eigenvalue weighted by molar-refractivity contribution is 0.407. The fourth-order valence-electron chi connectivity index (χ4n) is 4.64. The molecule has 0 aliphatic heterocycles. The molecule has 0 fully saturated rings. The van der Waals surface area contributed by atoms with Gasteiger partial charge in [-0.05, 0) is 59.8 Å². The number of nitrogens with zero attached hydrogens (tertiary/aromatic N) is 1. The van der Waals surface area contributed by atoms with Crippen LogP contribution in [0.5, 0.6) is 11.5 Å². The Balaban J connectivity index is 1.72. The van der Waals surface area contributed by atoms with Gasteiger partial charge in [-0.2, -0.15) is 0 Å². The number of phenolic OH excluding ortho intramolecular Hbond substituents is 1. The van der Waals surface area contributed by atoms with Crippen molar-refractivity contribution in [2.24, 2.45) is 0 Å². The standard InChI is InChI=1S/C31H34NO2P/c1-4-21-31(2,28-22-27(34-3)19-20-29(28)33)35-30-18-12-11-13-24(30)23-32(25-14-7-5-8-15-25)26-16-9-6-10-17-26/h5-20,22,33,35H,4,21,23H2,1-3H3. The van der Waals surface area contributed by atoms with E-state index in [1.807, 2.05) is 12.1 Å². The minimum absolute atomic E-state index is 0.201. The second-order valence-electron chi connectivity index (χ2n) is 9.00. The molecule has 2 atom stereocenters. The molecule has 4 rings (SSSR count). The van der Waals surface area contributed by atoms with Crippen molar-refractivity contribution in [2.45, 2.75) is 38.4 Å². The van der Waals surface area contributed by atoms with E-state index >= 15 is 0 Å². The van der Waals surface area contributed by atoms with Crippen LogP contribution in [0.2, 0.25) is 0 Å². The van der Waals surface area contributed by atoms with Gasteiger partial charge in [0.05, 0.1) is 7.11 Å². The third-order valence-corrected chi connectivity index (χ3v) is 8.27. The predicted octanol–water partition coefficient (Wildman–Crippen LogP) is 7.76. The monoisotopic (exact) mass is 483 g/mol. The molecule has 0 saturated heterocycles. The lowest BCUT2D eigenvalue weighted by atomic mass is 9.94. The quantitative estimate of drug-likeness (QED) is 0.234. The summed E-state index contributed by atoms with van der Waals surface area (Å²) in [5, 5.41) is 11.9. The van der Waals surface area contributed by atoms with E-state index in [2.05, 4.69) is 104 Å². The van der Waals surface area contributed by atoms with E-state index < -0.39 is 0 Å². The third kappa shape index (κ3) is 5.86. The van der Waals surface area contributed by atoms with Crippen molar-refractivity contribution in [1.29, 1.82) is 0 Å². The SMILES string of the molecule is CCCC(C)(Pc1ccccc1CN(c1ccccc1)c1ccccc1)c1cc(OC)ccc1O. The van der Waals surface area contributed by atoms with Crippen molar-refractivity contribution < 1.29 is 9.84 Å². The van der Waals surface area contributed by atoms with Gasteiger partial charge in [0.2, 0.25) is 0 Å². The van der Waals surface area contributed by atoms with Crippen LogP contribution in [-0.4, -0.2) is 12.2 Å². The number of para-hydroxylation sites is 2. The molecular weight excluding hydrogens is 449 g/mol. The van der Waals surface area contributed by atoms with Gasteiger partial charge in [-0.3, -0.25) is 0 Å². The normalized spacial score (nSPS) is 13.0. The van der Waals surface area contributed by atoms with Crippen molar-refractivity contribution >= 4 is 25.3 Å². The number of aromatic hydroxyl groups is 1. The molecule has 2 unspecified atom stereocenters. The zero-order valence-corrected chi connectivity index (χ0v) is 21.7. The first-order valence-corrected chi connectivity index (χ1v) is 13.2. The number of rotatable bonds is 10. The van der Waals surface area contributed by atoms with Gasteiger partial charge in [0.15, 0.2) is 0 Å². The fourth-order valence-corrected chi connectivity index (χ4v) is 6.45. The molecule has 0 aliphatic rings. The van der Waals surface area contributed by atoms with E-state index in [9.17, 15) is 5.11 Å². The average Bonchev–Trinajstić information content (AvgIpc) is 2.89. The summed E-state index contributed by atoms with van der Waals surface area (Å²) in [7, 11) is 2.17. The summed E-state index contributed by atoms with van der Waals surface area (Å²) in [5.41, 5.74) is 4.58. The highest BCUT2D eigenvalue weighted by atomic mass is 31.1. The first-order chi connectivity index (χ1) is 17.0. The Morgan fingerprint density at radius 2 is 1.43 bits per heavy atom. The second-order valence-corrected chi connectivity index (χ2v) is 10.9. The van der Waals surface area contributed by atoms with Crippen molar-refractivity contribution in [1.82, 2.24) is 0 Å². The van der Waals surface area contributed by atoms with Crippen LogP contribution in [0.4, 0.5) is 11.4 Å². The lowest BCUT2D eigenvalue weighted by Gasteiger charge is -2.33. The molecular formula is C31H34NO2P. The molecule has 4 aromatic carbocycles. The minimum Gasteiger partial charge on any atom is -0.508 e. The Bertz CT molecular complexity index is 1190. The Labute approximate surface area is 211 Å². The molecule has 0 spiro atoms. The highest BCUT2D eigenvalue weighted by Gasteiger charge is 2.30. The molecule has 0 radical (unpaired) electrons. The average molecular weight is 484 g/mol. The van der Waals surface area contributed by atoms with Gasteiger partial charge in [-0.25, -0.2) is 0 Å². The molecule has 0 saturated carbocycles. The smallest absolute Gasteiger partial charge is 0.119 e. The number of anilines is 2. The minimum atomic E-state index is -0.201. The molecule has 4 aromatic rings. The molecule has 0 aliphatic carbocycles. The summed E-state index contributed by atoms with van der Waals surface area (Å²) in [4.78, 5) is 2.36. The highest BCUT2D eigenvalue weighted by Crippen LogP contribution is 2.49. The van der Waals surface area contributed by atoms with Crippen molar-refractivity contribution in [3.05, 3.63) is 114 Å². The van der Waals surface area contributed by atoms with E-state index in [0.29, 0.717) is 14.3 Å². The van der Waals surface area contributed by atoms with Gasteiger partial charge in [0.25, 0.3) is 0 Å². The van der Waals surface area contributed by atoms with Crippen molar-refractivity contribution in [2.75, 3.05) is 12.0 Å². The zero-order chi connectivity index (χ0) is 24.7. The van der Waals surface area contributed by atoms with Gasteiger partial charge in [-0.1, -0.05) is 89.5 Å². The summed E-state index contributed by atoms with van der Waals surface area (Å²) in [6.07, 6.45) is 2.00. The van der Waals surface area contributed by atoms with Crippen molar-refractivity contribution in [3.8, 4) is 11.5 Å². The van der Waals surface area contributed by atoms with E-state index in [1.54, 1.807) is 13.2 Å². The number of benzene rings is 4. The summed E-state index contributed by atoms with van der Waals surface area (Å²) >= 11 is 0. The van der Waals surface area contributed by atoms with Crippen LogP contribution in [0.3, 0.4) is 0 Å². The van der Waals surface area contributed by atoms with E-state index in [-0.39, 0.29) is 5.16 Å². The number of ether oxygens (including phenoxy) is 1. The van der Waals surface area contributed by atoms with Crippen LogP contribution >= 0.6 is 8.58 Å². The van der Waals surface area contributed by atoms with Crippen LogP contribution in [0, 0.1) is 0 Å². The van der Waals surface area contributed by atoms with Crippen LogP contribution in [0.1, 0.15) is 37.8 Å². The van der Waals surface area contributed by atoms with E-state index in [0.717, 1.165) is 30.7 Å². The predicted molar refractivity (Wildman–Crippen MR) is 150 cm³/mol. The maximum absolute atomic E-state index is 10.8. The second kappa shape index (κ2) is 11.4. The molecule has 3 nitrogen and oxygen atoms in total. The number of phenols is 1. The number of hydrogen-bond acceptors (Lipinski definition) is 3. The van der Waals surface area contributed by atoms with Gasteiger partial charge >= 0.3 is 0 Å². The number of hydrogen-bond donors (Lipinski definition) is 1. The summed E-state index contributed by atoms with van der Waals surface area (Å²) in [6, 6.07) is 35.4. The molecule has 0 heterocycles. The van der Waals surface area contributed by atoms with Gasteiger partial charge in [0, 0.05) is 28.6 Å². The molecule has 0 amide bonds. The fraction of sp³-hybridized carbons (Fsp3) is 0.226. The maximum atomic E-state index is 10.8. The van der Waals surface area contributed by atoms with E-state index in [1.165, 1.54) is 22.2 Å². The Hall–Kier alpha value is -3.29. The Morgan fingerprint density at radius 3 is 2.03 bits per heavy atom. The number of methoxy groups -OCH3 is 1. The summed E-state index contributed by atoms with van der Waals surface area (Å²) in [5.74, 6) is 1.11. The molecule has 0 bridgehead atoms. The molecule has 4 heteroatoms. The highest BCUT2D eigenvalue weighted by molar-refractivity contribution is 7.48. The van der Waals surface area contributed by atoms with Crippen LogP contribution < -0.4 is 14.9 Å². The molecule has 35 heavy (non-hydrogen) atoms. The zero-order valence-electron chi connectivity index (χ0n) is 20.7. The van der Waals surface area contributed by atoms with Gasteiger partial charge in [-0.15, -0.1) is 0 Å². The lowest BCUT2D eigenvalue weighted by Crippen LogP contribution is -2.24. The molecule has 0 aromatic heterocycles.